The minimum atomic E-state index is -1.06. The molecule has 62 valence electrons. The van der Waals surface area contributed by atoms with Crippen LogP contribution < -0.4 is 0 Å². The van der Waals surface area contributed by atoms with Crippen molar-refractivity contribution in [3.8, 4) is 0 Å². The molecule has 0 N–H and O–H groups in total. The SMILES string of the molecule is C[C@H](Cl)CC[Si](C)(C)CCl. The number of alkyl halides is 2. The first-order valence-corrected chi connectivity index (χ1v) is 8.06. The fraction of sp³-hybridized carbons (Fsp3) is 1.00. The predicted octanol–water partition coefficient (Wildman–Crippen LogP) is 3.49. The zero-order valence-corrected chi connectivity index (χ0v) is 9.47. The van der Waals surface area contributed by atoms with Crippen LogP contribution in [0.15, 0.2) is 0 Å². The summed E-state index contributed by atoms with van der Waals surface area (Å²) in [6.07, 6.45) is 1.12. The molecule has 0 aromatic carbocycles. The first-order chi connectivity index (χ1) is 4.48. The summed E-state index contributed by atoms with van der Waals surface area (Å²) in [7, 11) is -1.06. The molecule has 0 aliphatic rings. The highest BCUT2D eigenvalue weighted by atomic mass is 35.5. The van der Waals surface area contributed by atoms with Crippen molar-refractivity contribution in [1.29, 1.82) is 0 Å². The zero-order chi connectivity index (χ0) is 8.20. The van der Waals surface area contributed by atoms with Crippen molar-refractivity contribution in [2.24, 2.45) is 0 Å². The van der Waals surface area contributed by atoms with Gasteiger partial charge in [0.05, 0.1) is 8.07 Å². The van der Waals surface area contributed by atoms with Gasteiger partial charge >= 0.3 is 0 Å². The molecule has 0 amide bonds. The Morgan fingerprint density at radius 1 is 1.40 bits per heavy atom. The highest BCUT2D eigenvalue weighted by Crippen LogP contribution is 2.16. The van der Waals surface area contributed by atoms with Crippen molar-refractivity contribution in [3.05, 3.63) is 0 Å². The van der Waals surface area contributed by atoms with E-state index < -0.39 is 8.07 Å². The van der Waals surface area contributed by atoms with E-state index in [-0.39, 0.29) is 0 Å². The third kappa shape index (κ3) is 5.57. The summed E-state index contributed by atoms with van der Waals surface area (Å²) >= 11 is 11.6. The third-order valence-electron chi connectivity index (χ3n) is 1.58. The quantitative estimate of drug-likeness (QED) is 0.480. The van der Waals surface area contributed by atoms with Crippen LogP contribution in [0.25, 0.3) is 0 Å². The van der Waals surface area contributed by atoms with Crippen molar-refractivity contribution < 1.29 is 0 Å². The molecule has 0 spiro atoms. The summed E-state index contributed by atoms with van der Waals surface area (Å²) in [5.41, 5.74) is 0.858. The van der Waals surface area contributed by atoms with E-state index in [0.717, 1.165) is 11.9 Å². The second-order valence-corrected chi connectivity index (χ2v) is 10.3. The smallest absolute Gasteiger partial charge is 0.0640 e. The van der Waals surface area contributed by atoms with Crippen LogP contribution in [-0.4, -0.2) is 19.0 Å². The topological polar surface area (TPSA) is 0 Å². The molecule has 0 saturated carbocycles. The molecular weight excluding hydrogens is 183 g/mol. The van der Waals surface area contributed by atoms with Crippen LogP contribution >= 0.6 is 23.2 Å². The van der Waals surface area contributed by atoms with E-state index in [4.69, 9.17) is 23.2 Å². The summed E-state index contributed by atoms with van der Waals surface area (Å²) in [5.74, 6) is 0. The Labute approximate surface area is 74.9 Å². The van der Waals surface area contributed by atoms with Crippen molar-refractivity contribution in [3.63, 3.8) is 0 Å². The van der Waals surface area contributed by atoms with Gasteiger partial charge in [0.1, 0.15) is 0 Å². The summed E-state index contributed by atoms with van der Waals surface area (Å²) in [5, 5.41) is 0.315. The summed E-state index contributed by atoms with van der Waals surface area (Å²) < 4.78 is 0. The van der Waals surface area contributed by atoms with Crippen molar-refractivity contribution in [2.45, 2.75) is 37.9 Å². The highest BCUT2D eigenvalue weighted by molar-refractivity contribution is 6.83. The van der Waals surface area contributed by atoms with E-state index in [2.05, 4.69) is 13.1 Å². The lowest BCUT2D eigenvalue weighted by atomic mass is 10.4. The van der Waals surface area contributed by atoms with E-state index >= 15 is 0 Å². The molecular formula is C7H16Cl2Si. The van der Waals surface area contributed by atoms with E-state index in [1.165, 1.54) is 6.04 Å². The zero-order valence-electron chi connectivity index (χ0n) is 6.95. The Kier molecular flexibility index (Phi) is 5.00. The molecule has 10 heavy (non-hydrogen) atoms. The van der Waals surface area contributed by atoms with Crippen molar-refractivity contribution in [1.82, 2.24) is 0 Å². The Balaban J connectivity index is 3.46. The van der Waals surface area contributed by atoms with Crippen LogP contribution in [0.3, 0.4) is 0 Å². The maximum atomic E-state index is 5.82. The molecule has 0 rings (SSSR count). The fourth-order valence-electron chi connectivity index (χ4n) is 0.656. The molecule has 0 aliphatic heterocycles. The third-order valence-corrected chi connectivity index (χ3v) is 6.34. The molecule has 0 nitrogen and oxygen atoms in total. The lowest BCUT2D eigenvalue weighted by Gasteiger charge is -2.18. The molecule has 0 aromatic rings. The van der Waals surface area contributed by atoms with Crippen LogP contribution in [-0.2, 0) is 0 Å². The van der Waals surface area contributed by atoms with Crippen LogP contribution in [0.5, 0.6) is 0 Å². The minimum absolute atomic E-state index is 0.315. The van der Waals surface area contributed by atoms with Crippen LogP contribution in [0.1, 0.15) is 13.3 Å². The van der Waals surface area contributed by atoms with Crippen LogP contribution in [0.2, 0.25) is 19.1 Å². The van der Waals surface area contributed by atoms with Gasteiger partial charge in [-0.15, -0.1) is 23.2 Å². The highest BCUT2D eigenvalue weighted by Gasteiger charge is 2.19. The largest absolute Gasteiger partial charge is 0.130 e. The van der Waals surface area contributed by atoms with Gasteiger partial charge in [-0.1, -0.05) is 19.1 Å². The molecule has 0 aliphatic carbocycles. The molecule has 0 heterocycles. The standard InChI is InChI=1S/C7H16Cl2Si/c1-7(9)4-5-10(2,3)6-8/h7H,4-6H2,1-3H3/t7-/m0/s1. The lowest BCUT2D eigenvalue weighted by molar-refractivity contribution is 0.877. The Bertz CT molecular complexity index is 91.6. The van der Waals surface area contributed by atoms with E-state index in [9.17, 15) is 0 Å². The second-order valence-electron chi connectivity index (χ2n) is 3.62. The van der Waals surface area contributed by atoms with Gasteiger partial charge in [-0.25, -0.2) is 0 Å². The normalized spacial score (nSPS) is 15.3. The Morgan fingerprint density at radius 3 is 2.20 bits per heavy atom. The molecule has 0 unspecified atom stereocenters. The number of rotatable bonds is 4. The molecule has 0 saturated heterocycles. The molecule has 0 fully saturated rings. The van der Waals surface area contributed by atoms with Crippen LogP contribution in [0.4, 0.5) is 0 Å². The first-order valence-electron chi connectivity index (χ1n) is 3.68. The monoisotopic (exact) mass is 198 g/mol. The number of halogens is 2. The van der Waals surface area contributed by atoms with E-state index in [1.807, 2.05) is 6.92 Å². The van der Waals surface area contributed by atoms with Gasteiger partial charge < -0.3 is 0 Å². The molecule has 0 radical (unpaired) electrons. The average molecular weight is 199 g/mol. The van der Waals surface area contributed by atoms with Gasteiger partial charge in [0.15, 0.2) is 0 Å². The predicted molar refractivity (Wildman–Crippen MR) is 52.9 cm³/mol. The second kappa shape index (κ2) is 4.63. The minimum Gasteiger partial charge on any atom is -0.130 e. The summed E-state index contributed by atoms with van der Waals surface area (Å²) in [4.78, 5) is 0. The van der Waals surface area contributed by atoms with E-state index in [0.29, 0.717) is 5.38 Å². The summed E-state index contributed by atoms with van der Waals surface area (Å²) in [6, 6.07) is 1.25. The maximum absolute atomic E-state index is 5.82. The number of hydrogen-bond donors (Lipinski definition) is 0. The molecule has 0 bridgehead atoms. The van der Waals surface area contributed by atoms with E-state index in [1.54, 1.807) is 0 Å². The van der Waals surface area contributed by atoms with Crippen LogP contribution in [0, 0.1) is 0 Å². The van der Waals surface area contributed by atoms with Gasteiger partial charge in [-0.05, 0) is 13.3 Å². The van der Waals surface area contributed by atoms with Gasteiger partial charge in [-0.2, -0.15) is 0 Å². The number of hydrogen-bond acceptors (Lipinski definition) is 0. The van der Waals surface area contributed by atoms with Gasteiger partial charge in [0.25, 0.3) is 0 Å². The van der Waals surface area contributed by atoms with Gasteiger partial charge in [0, 0.05) is 10.9 Å². The maximum Gasteiger partial charge on any atom is 0.0640 e. The lowest BCUT2D eigenvalue weighted by Crippen LogP contribution is -2.28. The molecule has 3 heteroatoms. The molecule has 0 aromatic heterocycles. The average Bonchev–Trinajstić information content (AvgIpc) is 1.85. The van der Waals surface area contributed by atoms with Gasteiger partial charge in [-0.3, -0.25) is 0 Å². The van der Waals surface area contributed by atoms with Crippen molar-refractivity contribution in [2.75, 3.05) is 5.50 Å². The Hall–Kier alpha value is 0.797. The van der Waals surface area contributed by atoms with Crippen molar-refractivity contribution >= 4 is 31.3 Å². The molecule has 1 atom stereocenters. The van der Waals surface area contributed by atoms with Gasteiger partial charge in [0.2, 0.25) is 0 Å². The fourth-order valence-corrected chi connectivity index (χ4v) is 2.70. The first kappa shape index (κ1) is 10.8. The summed E-state index contributed by atoms with van der Waals surface area (Å²) in [6.45, 7) is 6.65. The Morgan fingerprint density at radius 2 is 1.90 bits per heavy atom.